The van der Waals surface area contributed by atoms with Gasteiger partial charge in [0.05, 0.1) is 23.9 Å². The molecule has 0 saturated heterocycles. The van der Waals surface area contributed by atoms with Gasteiger partial charge >= 0.3 is 6.18 Å². The Labute approximate surface area is 205 Å². The third kappa shape index (κ3) is 4.71. The smallest absolute Gasteiger partial charge is 0.333 e. The van der Waals surface area contributed by atoms with Gasteiger partial charge in [-0.25, -0.2) is 28.1 Å². The van der Waals surface area contributed by atoms with E-state index in [0.29, 0.717) is 34.7 Å². The highest BCUT2D eigenvalue weighted by Crippen LogP contribution is 2.31. The predicted octanol–water partition coefficient (Wildman–Crippen LogP) is 4.07. The Bertz CT molecular complexity index is 1630. The molecule has 184 valence electrons. The number of nitrogens with zero attached hydrogens (tertiary/aromatic N) is 6. The van der Waals surface area contributed by atoms with Gasteiger partial charge in [-0.1, -0.05) is 48.5 Å². The molecule has 0 spiro atoms. The Morgan fingerprint density at radius 2 is 1.72 bits per heavy atom. The normalized spacial score (nSPS) is 12.0. The standard InChI is InChI=1S/C24H19F3N6O2S/c1-32-13-20(24(25,26)27)30-22(32)16-8-6-15(7-9-16)12-33-23-18(11-29-33)10-28-21(31-23)19-5-3-2-4-17(19)14-36(34)35/h2-11,13,36H,12,14H2,1H3. The zero-order chi connectivity index (χ0) is 25.4. The zero-order valence-electron chi connectivity index (χ0n) is 18.8. The molecule has 0 unspecified atom stereocenters. The number of rotatable bonds is 6. The Morgan fingerprint density at radius 3 is 2.42 bits per heavy atom. The lowest BCUT2D eigenvalue weighted by atomic mass is 10.1. The summed E-state index contributed by atoms with van der Waals surface area (Å²) in [6.45, 7) is 0.364. The summed E-state index contributed by atoms with van der Waals surface area (Å²) in [5.41, 5.74) is 2.29. The second kappa shape index (κ2) is 9.19. The fourth-order valence-electron chi connectivity index (χ4n) is 3.93. The molecule has 0 aliphatic rings. The first-order valence-corrected chi connectivity index (χ1v) is 12.1. The molecule has 2 aromatic carbocycles. The van der Waals surface area contributed by atoms with Gasteiger partial charge in [0.1, 0.15) is 16.5 Å². The molecule has 8 nitrogen and oxygen atoms in total. The van der Waals surface area contributed by atoms with E-state index >= 15 is 0 Å². The number of halogens is 3. The molecule has 5 rings (SSSR count). The molecule has 12 heteroatoms. The summed E-state index contributed by atoms with van der Waals surface area (Å²) in [4.78, 5) is 12.8. The molecule has 0 aliphatic heterocycles. The first-order chi connectivity index (χ1) is 17.2. The monoisotopic (exact) mass is 512 g/mol. The van der Waals surface area contributed by atoms with E-state index in [1.165, 1.54) is 11.6 Å². The van der Waals surface area contributed by atoms with Crippen LogP contribution in [0.15, 0.2) is 67.1 Å². The van der Waals surface area contributed by atoms with Crippen molar-refractivity contribution in [1.82, 2.24) is 29.3 Å². The van der Waals surface area contributed by atoms with Crippen molar-refractivity contribution >= 4 is 21.7 Å². The molecule has 3 aromatic heterocycles. The van der Waals surface area contributed by atoms with Crippen LogP contribution >= 0.6 is 0 Å². The maximum absolute atomic E-state index is 13.0. The lowest BCUT2D eigenvalue weighted by molar-refractivity contribution is -0.140. The van der Waals surface area contributed by atoms with Crippen molar-refractivity contribution in [2.24, 2.45) is 7.05 Å². The van der Waals surface area contributed by atoms with Gasteiger partial charge in [-0.3, -0.25) is 0 Å². The highest BCUT2D eigenvalue weighted by Gasteiger charge is 2.34. The lowest BCUT2D eigenvalue weighted by Gasteiger charge is -2.08. The van der Waals surface area contributed by atoms with E-state index in [1.54, 1.807) is 65.6 Å². The van der Waals surface area contributed by atoms with Crippen LogP contribution in [0.4, 0.5) is 13.2 Å². The molecule has 36 heavy (non-hydrogen) atoms. The van der Waals surface area contributed by atoms with Crippen molar-refractivity contribution < 1.29 is 21.6 Å². The molecule has 0 aliphatic carbocycles. The third-order valence-corrected chi connectivity index (χ3v) is 6.24. The first-order valence-electron chi connectivity index (χ1n) is 10.8. The molecular weight excluding hydrogens is 493 g/mol. The van der Waals surface area contributed by atoms with Crippen molar-refractivity contribution in [1.29, 1.82) is 0 Å². The van der Waals surface area contributed by atoms with Crippen LogP contribution in [-0.2, 0) is 36.2 Å². The third-order valence-electron chi connectivity index (χ3n) is 5.65. The molecule has 0 N–H and O–H groups in total. The van der Waals surface area contributed by atoms with E-state index in [2.05, 4.69) is 20.1 Å². The number of aromatic nitrogens is 6. The van der Waals surface area contributed by atoms with E-state index < -0.39 is 22.6 Å². The molecule has 5 aromatic rings. The van der Waals surface area contributed by atoms with E-state index in [-0.39, 0.29) is 11.6 Å². The average molecular weight is 513 g/mol. The number of fused-ring (bicyclic) bond motifs is 1. The Kier molecular flexibility index (Phi) is 6.04. The number of thiol groups is 1. The van der Waals surface area contributed by atoms with Gasteiger partial charge in [-0.15, -0.1) is 0 Å². The summed E-state index contributed by atoms with van der Waals surface area (Å²) in [5.74, 6) is 0.496. The van der Waals surface area contributed by atoms with Gasteiger partial charge in [-0.2, -0.15) is 18.3 Å². The quantitative estimate of drug-likeness (QED) is 0.345. The van der Waals surface area contributed by atoms with Crippen molar-refractivity contribution in [2.75, 3.05) is 0 Å². The highest BCUT2D eigenvalue weighted by atomic mass is 32.2. The SMILES string of the molecule is Cn1cc(C(F)(F)F)nc1-c1ccc(Cn2ncc3cnc(-c4ccccc4C[SH](=O)=O)nc32)cc1. The van der Waals surface area contributed by atoms with Crippen LogP contribution in [0, 0.1) is 0 Å². The minimum Gasteiger partial charge on any atom is -0.333 e. The summed E-state index contributed by atoms with van der Waals surface area (Å²) in [5, 5.41) is 5.12. The summed E-state index contributed by atoms with van der Waals surface area (Å²) >= 11 is 0. The van der Waals surface area contributed by atoms with E-state index in [9.17, 15) is 21.6 Å². The molecule has 0 fully saturated rings. The zero-order valence-corrected chi connectivity index (χ0v) is 19.7. The Morgan fingerprint density at radius 1 is 0.972 bits per heavy atom. The summed E-state index contributed by atoms with van der Waals surface area (Å²) in [6.07, 6.45) is -0.271. The first kappa shape index (κ1) is 23.7. The van der Waals surface area contributed by atoms with Gasteiger partial charge in [0.15, 0.2) is 17.2 Å². The van der Waals surface area contributed by atoms with Gasteiger partial charge in [0.25, 0.3) is 0 Å². The Balaban J connectivity index is 1.43. The predicted molar refractivity (Wildman–Crippen MR) is 128 cm³/mol. The number of alkyl halides is 3. The average Bonchev–Trinajstić information content (AvgIpc) is 3.43. The molecule has 0 saturated carbocycles. The fraction of sp³-hybridized carbons (Fsp3) is 0.167. The van der Waals surface area contributed by atoms with E-state index in [4.69, 9.17) is 0 Å². The van der Waals surface area contributed by atoms with Gasteiger partial charge in [0, 0.05) is 30.6 Å². The number of hydrogen-bond acceptors (Lipinski definition) is 6. The molecular formula is C24H19F3N6O2S. The van der Waals surface area contributed by atoms with E-state index in [0.717, 1.165) is 17.1 Å². The van der Waals surface area contributed by atoms with Crippen LogP contribution in [0.25, 0.3) is 33.8 Å². The summed E-state index contributed by atoms with van der Waals surface area (Å²) in [6, 6.07) is 14.1. The Hall–Kier alpha value is -4.06. The van der Waals surface area contributed by atoms with Crippen LogP contribution in [0.5, 0.6) is 0 Å². The van der Waals surface area contributed by atoms with Crippen LogP contribution in [0.2, 0.25) is 0 Å². The highest BCUT2D eigenvalue weighted by molar-refractivity contribution is 7.71. The minimum absolute atomic E-state index is 0.112. The van der Waals surface area contributed by atoms with Crippen LogP contribution in [-0.4, -0.2) is 37.7 Å². The van der Waals surface area contributed by atoms with Gasteiger partial charge in [-0.05, 0) is 11.1 Å². The summed E-state index contributed by atoms with van der Waals surface area (Å²) in [7, 11) is -1.09. The number of aryl methyl sites for hydroxylation is 1. The molecule has 0 atom stereocenters. The van der Waals surface area contributed by atoms with E-state index in [1.807, 2.05) is 0 Å². The molecule has 0 amide bonds. The number of hydrogen-bond donors (Lipinski definition) is 1. The lowest BCUT2D eigenvalue weighted by Crippen LogP contribution is -2.05. The molecule has 3 heterocycles. The van der Waals surface area contributed by atoms with Crippen LogP contribution in [0.1, 0.15) is 16.8 Å². The molecule has 0 bridgehead atoms. The number of imidazole rings is 1. The largest absolute Gasteiger partial charge is 0.434 e. The van der Waals surface area contributed by atoms with Crippen molar-refractivity contribution in [2.45, 2.75) is 18.5 Å². The minimum atomic E-state index is -4.51. The fourth-order valence-corrected chi connectivity index (χ4v) is 4.48. The second-order valence-electron chi connectivity index (χ2n) is 8.18. The number of benzene rings is 2. The van der Waals surface area contributed by atoms with Gasteiger partial charge in [0.2, 0.25) is 0 Å². The topological polar surface area (TPSA) is 95.6 Å². The maximum atomic E-state index is 13.0. The second-order valence-corrected chi connectivity index (χ2v) is 9.16. The van der Waals surface area contributed by atoms with Crippen molar-refractivity contribution in [3.63, 3.8) is 0 Å². The van der Waals surface area contributed by atoms with Crippen LogP contribution in [0.3, 0.4) is 0 Å². The molecule has 0 radical (unpaired) electrons. The van der Waals surface area contributed by atoms with Gasteiger partial charge < -0.3 is 4.57 Å². The van der Waals surface area contributed by atoms with Crippen molar-refractivity contribution in [3.8, 4) is 22.8 Å². The van der Waals surface area contributed by atoms with Crippen LogP contribution < -0.4 is 0 Å². The van der Waals surface area contributed by atoms with Crippen molar-refractivity contribution in [3.05, 3.63) is 83.9 Å². The summed E-state index contributed by atoms with van der Waals surface area (Å²) < 4.78 is 64.6. The maximum Gasteiger partial charge on any atom is 0.434 e.